The molecule has 124 valence electrons. The topological polar surface area (TPSA) is 161 Å². The third-order valence-electron chi connectivity index (χ3n) is 2.79. The predicted molar refractivity (Wildman–Crippen MR) is 64.1 cm³/mol. The van der Waals surface area contributed by atoms with Crippen LogP contribution in [-0.4, -0.2) is 70.6 Å². The fourth-order valence-electron chi connectivity index (χ4n) is 1.88. The quantitative estimate of drug-likeness (QED) is 0.424. The molecule has 11 nitrogen and oxygen atoms in total. The summed E-state index contributed by atoms with van der Waals surface area (Å²) in [6, 6.07) is 0. The standard InChI is InChI=1S/C8H16O11P2/c9-5-1-15-2-6(5)18-21(13,14)19-8-4-16-3-7(8)17-20(10,11)12/h5-9H,1-4H2,(H,13,14)(H2,10,11,12)/t5-,6-,7-,8-/m0/s1. The molecule has 0 aromatic rings. The van der Waals surface area contributed by atoms with E-state index in [0.717, 1.165) is 0 Å². The van der Waals surface area contributed by atoms with Gasteiger partial charge in [0.1, 0.15) is 24.4 Å². The van der Waals surface area contributed by atoms with Gasteiger partial charge in [-0.1, -0.05) is 0 Å². The van der Waals surface area contributed by atoms with Crippen LogP contribution in [-0.2, 0) is 32.2 Å². The summed E-state index contributed by atoms with van der Waals surface area (Å²) in [6.45, 7) is -0.493. The highest BCUT2D eigenvalue weighted by Crippen LogP contribution is 2.49. The lowest BCUT2D eigenvalue weighted by molar-refractivity contribution is 0.00519. The van der Waals surface area contributed by atoms with E-state index in [1.54, 1.807) is 0 Å². The van der Waals surface area contributed by atoms with Crippen molar-refractivity contribution in [2.45, 2.75) is 24.4 Å². The molecule has 0 aliphatic carbocycles. The summed E-state index contributed by atoms with van der Waals surface area (Å²) < 4.78 is 46.3. The third kappa shape index (κ3) is 5.34. The van der Waals surface area contributed by atoms with Gasteiger partial charge in [0, 0.05) is 0 Å². The lowest BCUT2D eigenvalue weighted by atomic mass is 10.3. The van der Waals surface area contributed by atoms with E-state index in [1.165, 1.54) is 0 Å². The van der Waals surface area contributed by atoms with Crippen LogP contribution in [0.25, 0.3) is 0 Å². The van der Waals surface area contributed by atoms with Crippen molar-refractivity contribution in [2.24, 2.45) is 0 Å². The Balaban J connectivity index is 1.92. The minimum Gasteiger partial charge on any atom is -0.388 e. The van der Waals surface area contributed by atoms with E-state index in [-0.39, 0.29) is 26.4 Å². The van der Waals surface area contributed by atoms with E-state index in [4.69, 9.17) is 28.3 Å². The van der Waals surface area contributed by atoms with Crippen molar-refractivity contribution in [1.29, 1.82) is 0 Å². The molecule has 21 heavy (non-hydrogen) atoms. The second kappa shape index (κ2) is 6.69. The zero-order chi connectivity index (χ0) is 15.7. The Morgan fingerprint density at radius 3 is 1.81 bits per heavy atom. The Hall–Kier alpha value is 0.1000. The highest BCUT2D eigenvalue weighted by Gasteiger charge is 2.42. The van der Waals surface area contributed by atoms with Crippen molar-refractivity contribution in [3.8, 4) is 0 Å². The van der Waals surface area contributed by atoms with E-state index in [0.29, 0.717) is 0 Å². The average Bonchev–Trinajstić information content (AvgIpc) is 2.87. The van der Waals surface area contributed by atoms with Crippen LogP contribution in [0.2, 0.25) is 0 Å². The van der Waals surface area contributed by atoms with Gasteiger partial charge in [-0.25, -0.2) is 9.13 Å². The first-order valence-corrected chi connectivity index (χ1v) is 8.96. The molecule has 4 N–H and O–H groups in total. The van der Waals surface area contributed by atoms with Gasteiger partial charge >= 0.3 is 15.6 Å². The van der Waals surface area contributed by atoms with Gasteiger partial charge in [-0.15, -0.1) is 0 Å². The van der Waals surface area contributed by atoms with Crippen LogP contribution >= 0.6 is 15.6 Å². The van der Waals surface area contributed by atoms with Crippen LogP contribution in [0.3, 0.4) is 0 Å². The van der Waals surface area contributed by atoms with Crippen LogP contribution in [0.4, 0.5) is 0 Å². The number of aliphatic hydroxyl groups excluding tert-OH is 1. The third-order valence-corrected chi connectivity index (χ3v) is 4.41. The number of phosphoric acid groups is 2. The number of hydrogen-bond acceptors (Lipinski definition) is 8. The maximum atomic E-state index is 11.8. The van der Waals surface area contributed by atoms with Gasteiger partial charge in [0.05, 0.1) is 26.4 Å². The number of rotatable bonds is 6. The van der Waals surface area contributed by atoms with Gasteiger partial charge in [0.25, 0.3) is 0 Å². The van der Waals surface area contributed by atoms with Crippen molar-refractivity contribution in [3.63, 3.8) is 0 Å². The molecule has 13 heteroatoms. The predicted octanol–water partition coefficient (Wildman–Crippen LogP) is -1.24. The summed E-state index contributed by atoms with van der Waals surface area (Å²) in [5, 5.41) is 9.43. The van der Waals surface area contributed by atoms with Crippen LogP contribution in [0.15, 0.2) is 0 Å². The van der Waals surface area contributed by atoms with Crippen molar-refractivity contribution in [2.75, 3.05) is 26.4 Å². The van der Waals surface area contributed by atoms with Crippen molar-refractivity contribution in [3.05, 3.63) is 0 Å². The zero-order valence-corrected chi connectivity index (χ0v) is 12.5. The highest BCUT2D eigenvalue weighted by molar-refractivity contribution is 7.47. The lowest BCUT2D eigenvalue weighted by Crippen LogP contribution is -2.31. The Bertz CT molecular complexity index is 450. The molecule has 2 aliphatic rings. The van der Waals surface area contributed by atoms with E-state index in [1.807, 2.05) is 0 Å². The van der Waals surface area contributed by atoms with Crippen LogP contribution in [0.1, 0.15) is 0 Å². The molecule has 0 aromatic carbocycles. The first-order valence-electron chi connectivity index (χ1n) is 5.93. The molecule has 0 amide bonds. The molecule has 2 heterocycles. The smallest absolute Gasteiger partial charge is 0.388 e. The van der Waals surface area contributed by atoms with Crippen LogP contribution in [0.5, 0.6) is 0 Å². The SMILES string of the molecule is O=P(O)(O)O[C@H]1COC[C@@H]1OP(=O)(O)O[C@H]1COC[C@@H]1O. The summed E-state index contributed by atoms with van der Waals surface area (Å²) in [7, 11) is -9.37. The Morgan fingerprint density at radius 2 is 1.29 bits per heavy atom. The molecule has 1 unspecified atom stereocenters. The molecule has 0 saturated carbocycles. The fourth-order valence-corrected chi connectivity index (χ4v) is 3.56. The monoisotopic (exact) mass is 350 g/mol. The van der Waals surface area contributed by atoms with Crippen molar-refractivity contribution < 1.29 is 52.0 Å². The average molecular weight is 350 g/mol. The molecule has 0 bridgehead atoms. The molecule has 0 spiro atoms. The van der Waals surface area contributed by atoms with Gasteiger partial charge in [0.2, 0.25) is 0 Å². The first kappa shape index (κ1) is 17.5. The number of aliphatic hydroxyl groups is 1. The van der Waals surface area contributed by atoms with E-state index >= 15 is 0 Å². The fraction of sp³-hybridized carbons (Fsp3) is 1.00. The van der Waals surface area contributed by atoms with E-state index in [9.17, 15) is 19.1 Å². The van der Waals surface area contributed by atoms with Crippen molar-refractivity contribution in [1.82, 2.24) is 0 Å². The molecular weight excluding hydrogens is 334 g/mol. The van der Waals surface area contributed by atoms with Gasteiger partial charge in [-0.3, -0.25) is 13.6 Å². The molecule has 5 atom stereocenters. The largest absolute Gasteiger partial charge is 0.473 e. The second-order valence-electron chi connectivity index (χ2n) is 4.53. The zero-order valence-electron chi connectivity index (χ0n) is 10.7. The molecule has 2 fully saturated rings. The van der Waals surface area contributed by atoms with Gasteiger partial charge in [0.15, 0.2) is 0 Å². The molecule has 2 rings (SSSR count). The summed E-state index contributed by atoms with van der Waals surface area (Å²) in [5.41, 5.74) is 0. The molecule has 0 aromatic heterocycles. The van der Waals surface area contributed by atoms with Crippen LogP contribution < -0.4 is 0 Å². The summed E-state index contributed by atoms with van der Waals surface area (Å²) in [4.78, 5) is 27.1. The van der Waals surface area contributed by atoms with E-state index < -0.39 is 40.1 Å². The Morgan fingerprint density at radius 1 is 0.810 bits per heavy atom. The van der Waals surface area contributed by atoms with E-state index in [2.05, 4.69) is 4.52 Å². The molecular formula is C8H16O11P2. The minimum absolute atomic E-state index is 0.0266. The molecule has 0 radical (unpaired) electrons. The summed E-state index contributed by atoms with van der Waals surface area (Å²) >= 11 is 0. The lowest BCUT2D eigenvalue weighted by Gasteiger charge is -2.23. The highest BCUT2D eigenvalue weighted by atomic mass is 31.2. The maximum absolute atomic E-state index is 11.8. The van der Waals surface area contributed by atoms with Gasteiger partial charge in [-0.2, -0.15) is 0 Å². The Labute approximate surface area is 119 Å². The van der Waals surface area contributed by atoms with Gasteiger partial charge < -0.3 is 29.3 Å². The first-order chi connectivity index (χ1) is 9.66. The number of phosphoric ester groups is 2. The number of hydrogen-bond donors (Lipinski definition) is 4. The Kier molecular flexibility index (Phi) is 5.56. The summed E-state index contributed by atoms with van der Waals surface area (Å²) in [6.07, 6.45) is -4.48. The summed E-state index contributed by atoms with van der Waals surface area (Å²) in [5.74, 6) is 0. The van der Waals surface area contributed by atoms with Gasteiger partial charge in [-0.05, 0) is 0 Å². The van der Waals surface area contributed by atoms with Crippen LogP contribution in [0, 0.1) is 0 Å². The minimum atomic E-state index is -4.79. The molecule has 2 aliphatic heterocycles. The maximum Gasteiger partial charge on any atom is 0.473 e. The van der Waals surface area contributed by atoms with Crippen molar-refractivity contribution >= 4 is 15.6 Å². The number of ether oxygens (including phenoxy) is 2. The molecule has 2 saturated heterocycles. The normalized spacial score (nSPS) is 36.8. The second-order valence-corrected chi connectivity index (χ2v) is 7.08.